The molecule has 1 unspecified atom stereocenters. The van der Waals surface area contributed by atoms with Crippen molar-refractivity contribution < 1.29 is 14.6 Å². The summed E-state index contributed by atoms with van der Waals surface area (Å²) in [6.07, 6.45) is 6.06. The van der Waals surface area contributed by atoms with Crippen LogP contribution in [0.1, 0.15) is 45.4 Å². The number of amides is 2. The molecule has 0 aromatic carbocycles. The second-order valence-electron chi connectivity index (χ2n) is 5.70. The molecule has 1 rings (SSSR count). The fourth-order valence-electron chi connectivity index (χ4n) is 2.68. The van der Waals surface area contributed by atoms with Crippen LogP contribution in [-0.4, -0.2) is 44.0 Å². The van der Waals surface area contributed by atoms with Crippen LogP contribution in [0.3, 0.4) is 0 Å². The molecule has 0 aromatic rings. The van der Waals surface area contributed by atoms with E-state index in [0.717, 1.165) is 19.6 Å². The number of urea groups is 1. The Bertz CT molecular complexity index is 263. The summed E-state index contributed by atoms with van der Waals surface area (Å²) in [6.45, 7) is 3.70. The van der Waals surface area contributed by atoms with Crippen molar-refractivity contribution in [1.29, 1.82) is 0 Å². The lowest BCUT2D eigenvalue weighted by molar-refractivity contribution is 0.135. The van der Waals surface area contributed by atoms with Gasteiger partial charge in [0.2, 0.25) is 0 Å². The minimum atomic E-state index is -0.372. The van der Waals surface area contributed by atoms with E-state index in [4.69, 9.17) is 9.84 Å². The monoisotopic (exact) mass is 272 g/mol. The highest BCUT2D eigenvalue weighted by molar-refractivity contribution is 5.73. The highest BCUT2D eigenvalue weighted by Crippen LogP contribution is 2.40. The van der Waals surface area contributed by atoms with Crippen molar-refractivity contribution in [3.05, 3.63) is 0 Å². The van der Waals surface area contributed by atoms with Crippen molar-refractivity contribution in [2.24, 2.45) is 5.41 Å². The predicted octanol–water partition coefficient (Wildman–Crippen LogP) is 1.65. The second kappa shape index (κ2) is 8.38. The topological polar surface area (TPSA) is 70.6 Å². The van der Waals surface area contributed by atoms with Crippen molar-refractivity contribution in [3.8, 4) is 0 Å². The maximum Gasteiger partial charge on any atom is 0.314 e. The van der Waals surface area contributed by atoms with E-state index in [2.05, 4.69) is 10.6 Å². The maximum absolute atomic E-state index is 11.7. The van der Waals surface area contributed by atoms with Crippen molar-refractivity contribution in [1.82, 2.24) is 10.6 Å². The molecule has 2 amide bonds. The summed E-state index contributed by atoms with van der Waals surface area (Å²) in [6, 6.07) is -0.135. The number of aliphatic hydroxyl groups excluding tert-OH is 1. The molecule has 1 aliphatic carbocycles. The molecule has 1 saturated carbocycles. The van der Waals surface area contributed by atoms with Gasteiger partial charge < -0.3 is 20.5 Å². The Morgan fingerprint density at radius 3 is 2.63 bits per heavy atom. The SMILES string of the molecule is COCCC1(CNC(=O)NCCC(C)O)CCCC1. The van der Waals surface area contributed by atoms with E-state index in [1.165, 1.54) is 25.7 Å². The number of hydrogen-bond donors (Lipinski definition) is 3. The number of carbonyl (C=O) groups is 1. The quantitative estimate of drug-likeness (QED) is 0.629. The maximum atomic E-state index is 11.7. The average molecular weight is 272 g/mol. The lowest BCUT2D eigenvalue weighted by atomic mass is 9.83. The van der Waals surface area contributed by atoms with Crippen molar-refractivity contribution >= 4 is 6.03 Å². The standard InChI is InChI=1S/C14H28N2O3/c1-12(17)5-9-15-13(18)16-11-14(8-10-19-2)6-3-4-7-14/h12,17H,3-11H2,1-2H3,(H2,15,16,18). The number of aliphatic hydroxyl groups is 1. The smallest absolute Gasteiger partial charge is 0.314 e. The van der Waals surface area contributed by atoms with E-state index in [9.17, 15) is 4.79 Å². The fourth-order valence-corrected chi connectivity index (χ4v) is 2.68. The molecule has 5 heteroatoms. The average Bonchev–Trinajstić information content (AvgIpc) is 2.83. The van der Waals surface area contributed by atoms with Gasteiger partial charge in [0.1, 0.15) is 0 Å². The van der Waals surface area contributed by atoms with Crippen LogP contribution in [0.2, 0.25) is 0 Å². The number of ether oxygens (including phenoxy) is 1. The van der Waals surface area contributed by atoms with Gasteiger partial charge in [0, 0.05) is 26.8 Å². The molecule has 112 valence electrons. The molecular weight excluding hydrogens is 244 g/mol. The van der Waals surface area contributed by atoms with E-state index >= 15 is 0 Å². The molecule has 5 nitrogen and oxygen atoms in total. The third-order valence-electron chi connectivity index (χ3n) is 3.97. The van der Waals surface area contributed by atoms with E-state index in [-0.39, 0.29) is 17.6 Å². The molecular formula is C14H28N2O3. The van der Waals surface area contributed by atoms with Gasteiger partial charge in [-0.3, -0.25) is 0 Å². The number of hydrogen-bond acceptors (Lipinski definition) is 3. The normalized spacial score (nSPS) is 19.1. The van der Waals surface area contributed by atoms with E-state index in [0.29, 0.717) is 13.0 Å². The molecule has 1 aliphatic rings. The zero-order chi connectivity index (χ0) is 14.1. The Morgan fingerprint density at radius 2 is 2.05 bits per heavy atom. The van der Waals surface area contributed by atoms with E-state index < -0.39 is 0 Å². The molecule has 3 N–H and O–H groups in total. The summed E-state index contributed by atoms with van der Waals surface area (Å²) >= 11 is 0. The number of rotatable bonds is 8. The Kier molecular flexibility index (Phi) is 7.16. The van der Waals surface area contributed by atoms with Gasteiger partial charge in [-0.1, -0.05) is 12.8 Å². The highest BCUT2D eigenvalue weighted by Gasteiger charge is 2.33. The molecule has 1 atom stereocenters. The number of carbonyl (C=O) groups excluding carboxylic acids is 1. The fraction of sp³-hybridized carbons (Fsp3) is 0.929. The van der Waals surface area contributed by atoms with E-state index in [1.54, 1.807) is 14.0 Å². The van der Waals surface area contributed by atoms with Crippen molar-refractivity contribution in [2.45, 2.75) is 51.6 Å². The van der Waals surface area contributed by atoms with Crippen LogP contribution in [0.15, 0.2) is 0 Å². The molecule has 19 heavy (non-hydrogen) atoms. The van der Waals surface area contributed by atoms with Gasteiger partial charge in [0.05, 0.1) is 6.10 Å². The minimum absolute atomic E-state index is 0.135. The molecule has 0 heterocycles. The number of methoxy groups -OCH3 is 1. The molecule has 0 aliphatic heterocycles. The highest BCUT2D eigenvalue weighted by atomic mass is 16.5. The first-order valence-corrected chi connectivity index (χ1v) is 7.27. The first-order chi connectivity index (χ1) is 9.08. The summed E-state index contributed by atoms with van der Waals surface area (Å²) in [7, 11) is 1.72. The number of nitrogens with one attached hydrogen (secondary N) is 2. The summed E-state index contributed by atoms with van der Waals surface area (Å²) in [5.41, 5.74) is 0.220. The van der Waals surface area contributed by atoms with Crippen molar-refractivity contribution in [2.75, 3.05) is 26.8 Å². The summed E-state index contributed by atoms with van der Waals surface area (Å²) in [5.74, 6) is 0. The lowest BCUT2D eigenvalue weighted by Crippen LogP contribution is -2.42. The molecule has 0 aromatic heterocycles. The first kappa shape index (κ1) is 16.2. The summed E-state index contributed by atoms with van der Waals surface area (Å²) < 4.78 is 5.17. The molecule has 0 bridgehead atoms. The molecule has 0 spiro atoms. The summed E-state index contributed by atoms with van der Waals surface area (Å²) in [5, 5.41) is 14.9. The van der Waals surface area contributed by atoms with Crippen LogP contribution >= 0.6 is 0 Å². The molecule has 0 saturated heterocycles. The third kappa shape index (κ3) is 6.25. The van der Waals surface area contributed by atoms with Crippen LogP contribution in [0.4, 0.5) is 4.79 Å². The Balaban J connectivity index is 2.25. The largest absolute Gasteiger partial charge is 0.393 e. The molecule has 0 radical (unpaired) electrons. The Hall–Kier alpha value is -0.810. The van der Waals surface area contributed by atoms with Crippen LogP contribution in [0.25, 0.3) is 0 Å². The third-order valence-corrected chi connectivity index (χ3v) is 3.97. The first-order valence-electron chi connectivity index (χ1n) is 7.27. The van der Waals surface area contributed by atoms with Gasteiger partial charge in [0.15, 0.2) is 0 Å². The second-order valence-corrected chi connectivity index (χ2v) is 5.70. The van der Waals surface area contributed by atoms with Crippen molar-refractivity contribution in [3.63, 3.8) is 0 Å². The predicted molar refractivity (Wildman–Crippen MR) is 75.1 cm³/mol. The van der Waals surface area contributed by atoms with Crippen LogP contribution in [0, 0.1) is 5.41 Å². The van der Waals surface area contributed by atoms with Crippen LogP contribution in [0.5, 0.6) is 0 Å². The van der Waals surface area contributed by atoms with Gasteiger partial charge in [-0.25, -0.2) is 4.79 Å². The minimum Gasteiger partial charge on any atom is -0.393 e. The van der Waals surface area contributed by atoms with E-state index in [1.807, 2.05) is 0 Å². The lowest BCUT2D eigenvalue weighted by Gasteiger charge is -2.29. The Labute approximate surface area is 116 Å². The summed E-state index contributed by atoms with van der Waals surface area (Å²) in [4.78, 5) is 11.7. The van der Waals surface area contributed by atoms with Gasteiger partial charge in [0.25, 0.3) is 0 Å². The van der Waals surface area contributed by atoms with Crippen LogP contribution in [-0.2, 0) is 4.74 Å². The van der Waals surface area contributed by atoms with Gasteiger partial charge >= 0.3 is 6.03 Å². The molecule has 1 fully saturated rings. The zero-order valence-corrected chi connectivity index (χ0v) is 12.2. The van der Waals surface area contributed by atoms with Gasteiger partial charge in [-0.2, -0.15) is 0 Å². The Morgan fingerprint density at radius 1 is 1.37 bits per heavy atom. The van der Waals surface area contributed by atoms with Gasteiger partial charge in [-0.05, 0) is 38.0 Å². The zero-order valence-electron chi connectivity index (χ0n) is 12.2. The van der Waals surface area contributed by atoms with Gasteiger partial charge in [-0.15, -0.1) is 0 Å². The van der Waals surface area contributed by atoms with Crippen LogP contribution < -0.4 is 10.6 Å².